The Hall–Kier alpha value is -3.90. The molecule has 43 heavy (non-hydrogen) atoms. The number of hydrogen-bond acceptors (Lipinski definition) is 8. The third-order valence-corrected chi connectivity index (χ3v) is 8.67. The molecule has 0 bridgehead atoms. The van der Waals surface area contributed by atoms with Crippen molar-refractivity contribution in [2.45, 2.75) is 76.4 Å². The van der Waals surface area contributed by atoms with E-state index in [4.69, 9.17) is 14.2 Å². The van der Waals surface area contributed by atoms with Crippen LogP contribution in [0.25, 0.3) is 0 Å². The summed E-state index contributed by atoms with van der Waals surface area (Å²) in [5, 5.41) is 3.07. The van der Waals surface area contributed by atoms with Gasteiger partial charge in [0.15, 0.2) is 11.5 Å². The molecule has 0 radical (unpaired) electrons. The average molecular weight is 610 g/mol. The Morgan fingerprint density at radius 1 is 1.02 bits per heavy atom. The fourth-order valence-electron chi connectivity index (χ4n) is 6.40. The first kappa shape index (κ1) is 29.2. The Labute approximate surface area is 244 Å². The van der Waals surface area contributed by atoms with Crippen LogP contribution >= 0.6 is 0 Å². The van der Waals surface area contributed by atoms with Crippen molar-refractivity contribution in [2.75, 3.05) is 13.2 Å². The average Bonchev–Trinajstić information content (AvgIpc) is 3.45. The summed E-state index contributed by atoms with van der Waals surface area (Å²) in [6.07, 6.45) is -1.17. The van der Waals surface area contributed by atoms with Gasteiger partial charge in [0.2, 0.25) is 5.91 Å². The summed E-state index contributed by atoms with van der Waals surface area (Å²) in [6.45, 7) is 0.648. The van der Waals surface area contributed by atoms with Gasteiger partial charge in [0, 0.05) is 29.7 Å². The number of alkyl halides is 4. The van der Waals surface area contributed by atoms with Crippen molar-refractivity contribution in [3.05, 3.63) is 41.5 Å². The quantitative estimate of drug-likeness (QED) is 0.318. The van der Waals surface area contributed by atoms with Crippen LogP contribution in [0.2, 0.25) is 0 Å². The normalized spacial score (nSPS) is 28.3. The highest BCUT2D eigenvalue weighted by atomic mass is 19.3. The number of rotatable bonds is 7. The van der Waals surface area contributed by atoms with E-state index in [0.717, 1.165) is 0 Å². The first-order valence-corrected chi connectivity index (χ1v) is 14.3. The highest BCUT2D eigenvalue weighted by Crippen LogP contribution is 2.50. The number of carbonyl (C=O) groups is 2. The molecule has 1 amide bonds. The van der Waals surface area contributed by atoms with Crippen LogP contribution < -0.4 is 29.0 Å². The topological polar surface area (TPSA) is 102 Å². The molecule has 0 saturated heterocycles. The fraction of sp³-hybridized carbons (Fsp3) is 0.533. The molecule has 1 N–H and O–H groups in total. The van der Waals surface area contributed by atoms with E-state index in [-0.39, 0.29) is 53.5 Å². The Balaban J connectivity index is 1.24. The Kier molecular flexibility index (Phi) is 7.45. The maximum Gasteiger partial charge on any atom is 0.586 e. The first-order valence-electron chi connectivity index (χ1n) is 14.3. The minimum atomic E-state index is -3.82. The van der Waals surface area contributed by atoms with Gasteiger partial charge in [-0.25, -0.2) is 0 Å². The van der Waals surface area contributed by atoms with Gasteiger partial charge < -0.3 is 33.7 Å². The molecule has 13 heteroatoms. The lowest BCUT2D eigenvalue weighted by Crippen LogP contribution is -2.47. The van der Waals surface area contributed by atoms with Crippen LogP contribution in [0.15, 0.2) is 30.3 Å². The van der Waals surface area contributed by atoms with Crippen LogP contribution in [0.3, 0.4) is 0 Å². The second-order valence-corrected chi connectivity index (χ2v) is 11.4. The molecule has 2 aromatic rings. The minimum absolute atomic E-state index is 0.0467. The lowest BCUT2D eigenvalue weighted by Gasteiger charge is -2.40. The molecular weight excluding hydrogens is 578 g/mol. The largest absolute Gasteiger partial charge is 0.586 e. The zero-order valence-electron chi connectivity index (χ0n) is 23.5. The van der Waals surface area contributed by atoms with Crippen molar-refractivity contribution in [3.8, 4) is 28.7 Å². The summed E-state index contributed by atoms with van der Waals surface area (Å²) < 4.78 is 84.1. The van der Waals surface area contributed by atoms with E-state index in [2.05, 4.69) is 19.5 Å². The van der Waals surface area contributed by atoms with E-state index in [0.29, 0.717) is 55.6 Å². The molecule has 4 aliphatic rings. The predicted octanol–water partition coefficient (Wildman–Crippen LogP) is 5.64. The molecule has 3 aliphatic heterocycles. The predicted molar refractivity (Wildman–Crippen MR) is 141 cm³/mol. The molecule has 1 saturated carbocycles. The number of hydrogen-bond donors (Lipinski definition) is 1. The molecule has 1 fully saturated rings. The smallest absolute Gasteiger partial charge is 0.492 e. The minimum Gasteiger partial charge on any atom is -0.492 e. The summed E-state index contributed by atoms with van der Waals surface area (Å²) in [6, 6.07) is 6.38. The van der Waals surface area contributed by atoms with E-state index in [9.17, 15) is 27.2 Å². The number of amides is 1. The highest BCUT2D eigenvalue weighted by molar-refractivity contribution is 5.90. The van der Waals surface area contributed by atoms with Crippen molar-refractivity contribution in [3.63, 3.8) is 0 Å². The monoisotopic (exact) mass is 609 g/mol. The number of benzene rings is 2. The molecule has 6 rings (SSSR count). The molecule has 1 aliphatic carbocycles. The van der Waals surface area contributed by atoms with Crippen LogP contribution in [0.4, 0.5) is 17.6 Å². The number of carbonyl (C=O) groups excluding carboxylic acids is 2. The van der Waals surface area contributed by atoms with Crippen LogP contribution in [0.5, 0.6) is 28.7 Å². The van der Waals surface area contributed by atoms with Gasteiger partial charge in [-0.1, -0.05) is 0 Å². The Bertz CT molecular complexity index is 1410. The molecule has 9 nitrogen and oxygen atoms in total. The highest BCUT2D eigenvalue weighted by Gasteiger charge is 2.49. The van der Waals surface area contributed by atoms with Crippen LogP contribution in [0.1, 0.15) is 63.1 Å². The third kappa shape index (κ3) is 5.61. The molecule has 0 aromatic heterocycles. The maximum atomic E-state index is 13.9. The number of esters is 1. The summed E-state index contributed by atoms with van der Waals surface area (Å²) in [5.41, 5.74) is -0.304. The van der Waals surface area contributed by atoms with Crippen LogP contribution in [-0.4, -0.2) is 44.1 Å². The molecule has 2 aromatic carbocycles. The summed E-state index contributed by atoms with van der Waals surface area (Å²) >= 11 is 0. The molecule has 0 unspecified atom stereocenters. The standard InChI is InChI=1S/C30H31F4NO8/c1-3-38-26(36)16-6-4-15(5-7-16)21-12-20(18-9-8-17(40-28(31)32)10-22(18)41-21)35-27(37)29(2)14-39-23-13-25-24(11-19(23)29)42-30(33,34)43-25/h8-11,13,15-16,20-21,28H,3-7,12,14H2,1-2H3,(H,35,37)/t15-,16-,20-,21-,29+/m1/s1. The van der Waals surface area contributed by atoms with Crippen LogP contribution in [-0.2, 0) is 19.7 Å². The second-order valence-electron chi connectivity index (χ2n) is 11.4. The van der Waals surface area contributed by atoms with E-state index in [1.54, 1.807) is 19.9 Å². The van der Waals surface area contributed by atoms with Crippen molar-refractivity contribution < 1.29 is 55.6 Å². The second kappa shape index (κ2) is 11.0. The fourth-order valence-corrected chi connectivity index (χ4v) is 6.40. The van der Waals surface area contributed by atoms with E-state index in [1.807, 2.05) is 0 Å². The first-order chi connectivity index (χ1) is 20.5. The molecular formula is C30H31F4NO8. The summed E-state index contributed by atoms with van der Waals surface area (Å²) in [5.74, 6) is -0.702. The lowest BCUT2D eigenvalue weighted by molar-refractivity contribution is -0.286. The van der Waals surface area contributed by atoms with Crippen molar-refractivity contribution in [1.29, 1.82) is 0 Å². The van der Waals surface area contributed by atoms with Crippen molar-refractivity contribution in [2.24, 2.45) is 11.8 Å². The van der Waals surface area contributed by atoms with Gasteiger partial charge in [-0.3, -0.25) is 9.59 Å². The van der Waals surface area contributed by atoms with Gasteiger partial charge in [0.05, 0.1) is 18.6 Å². The van der Waals surface area contributed by atoms with Gasteiger partial charge >= 0.3 is 18.9 Å². The molecule has 3 atom stereocenters. The SMILES string of the molecule is CCOC(=O)[C@H]1CC[C@H]([C@H]2C[C@@H](NC(=O)[C@@]3(C)COc4cc5c(cc43)OC(F)(F)O5)c3ccc(OC(F)F)cc3O2)CC1. The van der Waals surface area contributed by atoms with Gasteiger partial charge in [0.25, 0.3) is 0 Å². The number of halogens is 4. The van der Waals surface area contributed by atoms with E-state index < -0.39 is 30.3 Å². The van der Waals surface area contributed by atoms with Gasteiger partial charge in [-0.05, 0) is 63.6 Å². The zero-order chi connectivity index (χ0) is 30.5. The van der Waals surface area contributed by atoms with Gasteiger partial charge in [-0.15, -0.1) is 8.78 Å². The summed E-state index contributed by atoms with van der Waals surface area (Å²) in [7, 11) is 0. The third-order valence-electron chi connectivity index (χ3n) is 8.67. The summed E-state index contributed by atoms with van der Waals surface area (Å²) in [4.78, 5) is 26.1. The van der Waals surface area contributed by atoms with Crippen molar-refractivity contribution >= 4 is 11.9 Å². The zero-order valence-corrected chi connectivity index (χ0v) is 23.5. The number of ether oxygens (including phenoxy) is 6. The molecule has 0 spiro atoms. The maximum absolute atomic E-state index is 13.9. The van der Waals surface area contributed by atoms with Crippen LogP contribution in [0, 0.1) is 11.8 Å². The number of nitrogens with one attached hydrogen (secondary N) is 1. The molecule has 232 valence electrons. The van der Waals surface area contributed by atoms with E-state index in [1.165, 1.54) is 24.3 Å². The Morgan fingerprint density at radius 3 is 2.44 bits per heavy atom. The van der Waals surface area contributed by atoms with Crippen molar-refractivity contribution in [1.82, 2.24) is 5.32 Å². The lowest BCUT2D eigenvalue weighted by atomic mass is 9.76. The number of fused-ring (bicyclic) bond motifs is 3. The van der Waals surface area contributed by atoms with Gasteiger partial charge in [-0.2, -0.15) is 8.78 Å². The van der Waals surface area contributed by atoms with E-state index >= 15 is 0 Å². The Morgan fingerprint density at radius 2 is 1.74 bits per heavy atom. The van der Waals surface area contributed by atoms with Gasteiger partial charge in [0.1, 0.15) is 35.4 Å². The molecule has 3 heterocycles.